The van der Waals surface area contributed by atoms with Crippen LogP contribution in [0.15, 0.2) is 47.1 Å². The SMILES string of the molecule is CCC(=O)NC1CCN(c2ccccc2C(=O)N(C)Cc2ccco2)CC1. The second-order valence-electron chi connectivity index (χ2n) is 6.94. The summed E-state index contributed by atoms with van der Waals surface area (Å²) < 4.78 is 5.35. The van der Waals surface area contributed by atoms with Gasteiger partial charge in [-0.15, -0.1) is 0 Å². The highest BCUT2D eigenvalue weighted by Crippen LogP contribution is 2.25. The highest BCUT2D eigenvalue weighted by atomic mass is 16.3. The van der Waals surface area contributed by atoms with Crippen LogP contribution in [0.3, 0.4) is 0 Å². The van der Waals surface area contributed by atoms with Crippen molar-refractivity contribution in [2.24, 2.45) is 0 Å². The van der Waals surface area contributed by atoms with Gasteiger partial charge in [-0.25, -0.2) is 0 Å². The smallest absolute Gasteiger partial charge is 0.256 e. The van der Waals surface area contributed by atoms with E-state index in [-0.39, 0.29) is 17.9 Å². The van der Waals surface area contributed by atoms with Gasteiger partial charge in [0.2, 0.25) is 5.91 Å². The Kier molecular flexibility index (Phi) is 6.16. The third-order valence-electron chi connectivity index (χ3n) is 4.98. The van der Waals surface area contributed by atoms with Gasteiger partial charge in [-0.1, -0.05) is 19.1 Å². The van der Waals surface area contributed by atoms with Crippen LogP contribution in [0.25, 0.3) is 0 Å². The summed E-state index contributed by atoms with van der Waals surface area (Å²) in [7, 11) is 1.79. The maximum absolute atomic E-state index is 13.0. The Morgan fingerprint density at radius 2 is 1.93 bits per heavy atom. The zero-order chi connectivity index (χ0) is 19.2. The molecule has 27 heavy (non-hydrogen) atoms. The van der Waals surface area contributed by atoms with Gasteiger partial charge in [0.05, 0.1) is 18.4 Å². The first kappa shape index (κ1) is 19.0. The van der Waals surface area contributed by atoms with Crippen LogP contribution < -0.4 is 10.2 Å². The second kappa shape index (κ2) is 8.75. The third-order valence-corrected chi connectivity index (χ3v) is 4.98. The lowest BCUT2D eigenvalue weighted by molar-refractivity contribution is -0.121. The Morgan fingerprint density at radius 3 is 2.59 bits per heavy atom. The Balaban J connectivity index is 1.67. The van der Waals surface area contributed by atoms with Crippen molar-refractivity contribution in [1.82, 2.24) is 10.2 Å². The van der Waals surface area contributed by atoms with E-state index >= 15 is 0 Å². The van der Waals surface area contributed by atoms with Gasteiger partial charge in [0.25, 0.3) is 5.91 Å². The number of nitrogens with zero attached hydrogens (tertiary/aromatic N) is 2. The number of piperidine rings is 1. The lowest BCUT2D eigenvalue weighted by atomic mass is 10.0. The van der Waals surface area contributed by atoms with Crippen LogP contribution in [0.4, 0.5) is 5.69 Å². The van der Waals surface area contributed by atoms with Crippen molar-refractivity contribution in [2.45, 2.75) is 38.8 Å². The highest BCUT2D eigenvalue weighted by Gasteiger charge is 2.24. The number of hydrogen-bond donors (Lipinski definition) is 1. The fourth-order valence-corrected chi connectivity index (χ4v) is 3.44. The molecule has 0 spiro atoms. The fourth-order valence-electron chi connectivity index (χ4n) is 3.44. The molecule has 6 heteroatoms. The Hall–Kier alpha value is -2.76. The summed E-state index contributed by atoms with van der Waals surface area (Å²) in [6.45, 7) is 3.94. The molecule has 6 nitrogen and oxygen atoms in total. The highest BCUT2D eigenvalue weighted by molar-refractivity contribution is 5.99. The minimum Gasteiger partial charge on any atom is -0.467 e. The maximum atomic E-state index is 13.0. The largest absolute Gasteiger partial charge is 0.467 e. The van der Waals surface area contributed by atoms with E-state index in [1.807, 2.05) is 43.3 Å². The van der Waals surface area contributed by atoms with Crippen LogP contribution in [0.1, 0.15) is 42.3 Å². The fraction of sp³-hybridized carbons (Fsp3) is 0.429. The zero-order valence-corrected chi connectivity index (χ0v) is 16.0. The van der Waals surface area contributed by atoms with Crippen molar-refractivity contribution in [3.8, 4) is 0 Å². The van der Waals surface area contributed by atoms with Crippen LogP contribution in [0, 0.1) is 0 Å². The normalized spacial score (nSPS) is 14.8. The molecule has 1 aliphatic rings. The summed E-state index contributed by atoms with van der Waals surface area (Å²) in [5.41, 5.74) is 1.65. The van der Waals surface area contributed by atoms with Crippen LogP contribution in [-0.2, 0) is 11.3 Å². The van der Waals surface area contributed by atoms with Crippen LogP contribution >= 0.6 is 0 Å². The van der Waals surface area contributed by atoms with E-state index in [0.717, 1.165) is 37.4 Å². The van der Waals surface area contributed by atoms with Gasteiger partial charge in [0.1, 0.15) is 5.76 Å². The summed E-state index contributed by atoms with van der Waals surface area (Å²) in [6, 6.07) is 11.6. The predicted molar refractivity (Wildman–Crippen MR) is 105 cm³/mol. The third kappa shape index (κ3) is 4.70. The van der Waals surface area contributed by atoms with Crippen molar-refractivity contribution in [2.75, 3.05) is 25.0 Å². The van der Waals surface area contributed by atoms with Gasteiger partial charge in [0.15, 0.2) is 0 Å². The van der Waals surface area contributed by atoms with Crippen molar-refractivity contribution < 1.29 is 14.0 Å². The van der Waals surface area contributed by atoms with Gasteiger partial charge >= 0.3 is 0 Å². The number of amides is 2. The van der Waals surface area contributed by atoms with E-state index in [9.17, 15) is 9.59 Å². The van der Waals surface area contributed by atoms with Gasteiger partial charge < -0.3 is 19.5 Å². The minimum atomic E-state index is -0.0246. The molecule has 1 aliphatic heterocycles. The first-order chi connectivity index (χ1) is 13.1. The number of rotatable bonds is 6. The molecular formula is C21H27N3O3. The number of furan rings is 1. The quantitative estimate of drug-likeness (QED) is 0.850. The van der Waals surface area contributed by atoms with Crippen molar-refractivity contribution >= 4 is 17.5 Å². The summed E-state index contributed by atoms with van der Waals surface area (Å²) in [6.07, 6.45) is 3.90. The van der Waals surface area contributed by atoms with E-state index < -0.39 is 0 Å². The van der Waals surface area contributed by atoms with Crippen LogP contribution in [0.5, 0.6) is 0 Å². The van der Waals surface area contributed by atoms with Crippen molar-refractivity contribution in [3.05, 3.63) is 54.0 Å². The maximum Gasteiger partial charge on any atom is 0.256 e. The van der Waals surface area contributed by atoms with Gasteiger partial charge in [-0.3, -0.25) is 9.59 Å². The summed E-state index contributed by atoms with van der Waals surface area (Å²) >= 11 is 0. The van der Waals surface area contributed by atoms with Crippen molar-refractivity contribution in [1.29, 1.82) is 0 Å². The molecule has 0 bridgehead atoms. The standard InChI is InChI=1S/C21H27N3O3/c1-3-20(25)22-16-10-12-24(13-11-16)19-9-5-4-8-18(19)21(26)23(2)15-17-7-6-14-27-17/h4-9,14,16H,3,10-13,15H2,1-2H3,(H,22,25). The van der Waals surface area contributed by atoms with E-state index in [0.29, 0.717) is 18.5 Å². The zero-order valence-electron chi connectivity index (χ0n) is 16.0. The first-order valence-corrected chi connectivity index (χ1v) is 9.49. The lowest BCUT2D eigenvalue weighted by Gasteiger charge is -2.35. The molecule has 0 atom stereocenters. The number of benzene rings is 1. The van der Waals surface area contributed by atoms with E-state index in [2.05, 4.69) is 10.2 Å². The van der Waals surface area contributed by atoms with Gasteiger partial charge in [-0.05, 0) is 37.1 Å². The Labute approximate surface area is 160 Å². The molecule has 1 N–H and O–H groups in total. The van der Waals surface area contributed by atoms with E-state index in [1.165, 1.54) is 0 Å². The number of nitrogens with one attached hydrogen (secondary N) is 1. The summed E-state index contributed by atoms with van der Waals surface area (Å²) in [5, 5.41) is 3.07. The number of para-hydroxylation sites is 1. The number of carbonyl (C=O) groups is 2. The molecule has 1 fully saturated rings. The number of hydrogen-bond acceptors (Lipinski definition) is 4. The van der Waals surface area contributed by atoms with Crippen LogP contribution in [-0.4, -0.2) is 42.9 Å². The molecule has 1 aromatic carbocycles. The topological polar surface area (TPSA) is 65.8 Å². The first-order valence-electron chi connectivity index (χ1n) is 9.49. The molecule has 0 saturated carbocycles. The molecule has 3 rings (SSSR count). The van der Waals surface area contributed by atoms with E-state index in [1.54, 1.807) is 18.2 Å². The molecule has 0 unspecified atom stereocenters. The minimum absolute atomic E-state index is 0.0246. The molecule has 0 aliphatic carbocycles. The van der Waals surface area contributed by atoms with Gasteiger partial charge in [0, 0.05) is 38.3 Å². The lowest BCUT2D eigenvalue weighted by Crippen LogP contribution is -2.45. The second-order valence-corrected chi connectivity index (χ2v) is 6.94. The van der Waals surface area contributed by atoms with Gasteiger partial charge in [-0.2, -0.15) is 0 Å². The monoisotopic (exact) mass is 369 g/mol. The molecule has 1 aromatic heterocycles. The Morgan fingerprint density at radius 1 is 1.19 bits per heavy atom. The van der Waals surface area contributed by atoms with Crippen LogP contribution in [0.2, 0.25) is 0 Å². The Bertz CT molecular complexity index is 765. The predicted octanol–water partition coefficient (Wildman–Crippen LogP) is 3.05. The van der Waals surface area contributed by atoms with E-state index in [4.69, 9.17) is 4.42 Å². The number of carbonyl (C=O) groups excluding carboxylic acids is 2. The molecule has 2 amide bonds. The summed E-state index contributed by atoms with van der Waals surface area (Å²) in [4.78, 5) is 28.5. The molecular weight excluding hydrogens is 342 g/mol. The molecule has 0 radical (unpaired) electrons. The number of anilines is 1. The van der Waals surface area contributed by atoms with Crippen molar-refractivity contribution in [3.63, 3.8) is 0 Å². The molecule has 1 saturated heterocycles. The molecule has 2 aromatic rings. The average molecular weight is 369 g/mol. The average Bonchev–Trinajstić information content (AvgIpc) is 3.21. The molecule has 2 heterocycles. The summed E-state index contributed by atoms with van der Waals surface area (Å²) in [5.74, 6) is 0.836. The molecule has 144 valence electrons.